The van der Waals surface area contributed by atoms with Crippen LogP contribution in [0.25, 0.3) is 43.1 Å². The quantitative estimate of drug-likeness (QED) is 0.140. The topological polar surface area (TPSA) is 9.72 Å². The van der Waals surface area contributed by atoms with Crippen LogP contribution in [0.5, 0.6) is 0 Å². The highest BCUT2D eigenvalue weighted by molar-refractivity contribution is 7.33. The molecule has 0 bridgehead atoms. The zero-order valence-electron chi connectivity index (χ0n) is 54.4. The molecular weight excluding hydrogens is 1080 g/mol. The van der Waals surface area contributed by atoms with Crippen LogP contribution in [0.3, 0.4) is 0 Å². The maximum atomic E-state index is 2.74. The first-order valence-corrected chi connectivity index (χ1v) is 33.0. The van der Waals surface area contributed by atoms with Crippen LogP contribution in [-0.4, -0.2) is 6.71 Å². The van der Waals surface area contributed by atoms with Gasteiger partial charge in [0.05, 0.1) is 17.1 Å². The maximum absolute atomic E-state index is 2.74. The monoisotopic (exact) mass is 1170 g/mol. The van der Waals surface area contributed by atoms with E-state index in [1.165, 1.54) is 126 Å². The number of anilines is 9. The molecule has 1 aliphatic carbocycles. The van der Waals surface area contributed by atoms with Crippen molar-refractivity contribution >= 4 is 106 Å². The predicted octanol–water partition coefficient (Wildman–Crippen LogP) is 22.3. The number of hydrogen-bond acceptors (Lipinski definition) is 4. The molecule has 88 heavy (non-hydrogen) atoms. The lowest BCUT2D eigenvalue weighted by Gasteiger charge is -2.45. The zero-order chi connectivity index (χ0) is 61.6. The second-order valence-electron chi connectivity index (χ2n) is 30.2. The third-order valence-corrected chi connectivity index (χ3v) is 21.1. The third kappa shape index (κ3) is 9.52. The number of fused-ring (bicyclic) bond motifs is 8. The molecule has 1 aromatic heterocycles. The highest BCUT2D eigenvalue weighted by Gasteiger charge is 2.47. The van der Waals surface area contributed by atoms with Crippen molar-refractivity contribution in [1.82, 2.24) is 0 Å². The number of thiophene rings is 1. The van der Waals surface area contributed by atoms with Crippen LogP contribution in [-0.2, 0) is 27.1 Å². The molecule has 440 valence electrons. The third-order valence-electron chi connectivity index (χ3n) is 19.9. The van der Waals surface area contributed by atoms with E-state index in [-0.39, 0.29) is 39.7 Å². The van der Waals surface area contributed by atoms with E-state index in [4.69, 9.17) is 0 Å². The fraction of sp³-hybridized carbons (Fsp3) is 0.277. The molecule has 10 aromatic carbocycles. The second-order valence-corrected chi connectivity index (χ2v) is 31.3. The van der Waals surface area contributed by atoms with Crippen LogP contribution >= 0.6 is 11.3 Å². The van der Waals surface area contributed by atoms with E-state index in [9.17, 15) is 0 Å². The molecule has 0 amide bonds. The Labute approximate surface area is 528 Å². The van der Waals surface area contributed by atoms with Gasteiger partial charge in [-0.2, -0.15) is 0 Å². The SMILES string of the molecule is CC(C)c1cc2c3c(c1)N(c1c(-c4ccccc4)cc(C(C)(C)C)c4ccccc14)c1cc(N(c4ccc5c(c4)C(C)(C)CCC5(C)C)c4ccccc4-c4ccccc4)ccc1B3c1sc3ccc(C(C)(C)C)cc3c1N2c1ccc(C(C)(C)C)cc1. The van der Waals surface area contributed by atoms with E-state index in [0.717, 1.165) is 29.9 Å². The van der Waals surface area contributed by atoms with E-state index < -0.39 is 0 Å². The summed E-state index contributed by atoms with van der Waals surface area (Å²) in [7, 11) is 0. The van der Waals surface area contributed by atoms with E-state index in [1.54, 1.807) is 0 Å². The summed E-state index contributed by atoms with van der Waals surface area (Å²) in [6, 6.07) is 80.2. The highest BCUT2D eigenvalue weighted by Crippen LogP contribution is 2.55. The minimum Gasteiger partial charge on any atom is -0.310 e. The second kappa shape index (κ2) is 20.7. The lowest BCUT2D eigenvalue weighted by atomic mass is 9.36. The van der Waals surface area contributed by atoms with E-state index in [2.05, 4.69) is 325 Å². The molecule has 0 N–H and O–H groups in total. The van der Waals surface area contributed by atoms with Gasteiger partial charge in [-0.1, -0.05) is 237 Å². The minimum absolute atomic E-state index is 0.000876. The van der Waals surface area contributed by atoms with Crippen LogP contribution in [0.15, 0.2) is 206 Å². The number of nitrogens with zero attached hydrogens (tertiary/aromatic N) is 3. The molecule has 3 aliphatic rings. The van der Waals surface area contributed by atoms with Gasteiger partial charge in [-0.3, -0.25) is 0 Å². The summed E-state index contributed by atoms with van der Waals surface area (Å²) in [5, 5.41) is 3.83. The zero-order valence-corrected chi connectivity index (χ0v) is 55.3. The Morgan fingerprint density at radius 3 is 1.68 bits per heavy atom. The number of rotatable bonds is 8. The Hall–Kier alpha value is -8.12. The highest BCUT2D eigenvalue weighted by atomic mass is 32.1. The largest absolute Gasteiger partial charge is 0.310 e. The molecule has 0 unspecified atom stereocenters. The normalized spacial score (nSPS) is 15.1. The molecule has 0 fully saturated rings. The average molecular weight is 1170 g/mol. The molecule has 11 aromatic rings. The first-order chi connectivity index (χ1) is 41.9. The molecule has 0 saturated heterocycles. The summed E-state index contributed by atoms with van der Waals surface area (Å²) in [4.78, 5) is 8.01. The lowest BCUT2D eigenvalue weighted by molar-refractivity contribution is 0.332. The van der Waals surface area contributed by atoms with Crippen molar-refractivity contribution in [3.05, 3.63) is 240 Å². The van der Waals surface area contributed by atoms with Gasteiger partial charge in [0.1, 0.15) is 0 Å². The molecule has 14 rings (SSSR count). The van der Waals surface area contributed by atoms with Crippen LogP contribution in [0.1, 0.15) is 156 Å². The average Bonchev–Trinajstić information content (AvgIpc) is 1.18. The van der Waals surface area contributed by atoms with Crippen molar-refractivity contribution in [1.29, 1.82) is 0 Å². The standard InChI is InChI=1S/C83H84BN3S/c1-52(2)55-46-72-75-73(47-55)87(76-63-32-23-22-31-62(63)67(81(9,10)11)51-64(76)54-28-20-17-21-29-54)71-50-60(85(70-33-25-24-30-61(70)53-26-18-16-19-27-53)59-39-41-66-68(49-59)83(14,15)45-44-82(66,12)13)40-42-69(71)84(75)78-77(65-48-57(80(6,7)8)36-43-74(65)88-78)86(72)58-37-34-56(35-38-58)79(3,4)5/h16-43,46-52H,44-45H2,1-15H3. The Bertz CT molecular complexity index is 4540. The van der Waals surface area contributed by atoms with Gasteiger partial charge >= 0.3 is 0 Å². The van der Waals surface area contributed by atoms with Crippen molar-refractivity contribution in [2.45, 2.75) is 150 Å². The van der Waals surface area contributed by atoms with Gasteiger partial charge < -0.3 is 14.7 Å². The molecular formula is C83H84BN3S. The fourth-order valence-corrected chi connectivity index (χ4v) is 16.1. The molecule has 0 saturated carbocycles. The van der Waals surface area contributed by atoms with Gasteiger partial charge in [0.15, 0.2) is 0 Å². The Morgan fingerprint density at radius 1 is 0.466 bits per heavy atom. The molecule has 0 radical (unpaired) electrons. The van der Waals surface area contributed by atoms with E-state index in [0.29, 0.717) is 0 Å². The summed E-state index contributed by atoms with van der Waals surface area (Å²) in [6.07, 6.45) is 2.29. The van der Waals surface area contributed by atoms with Crippen LogP contribution < -0.4 is 30.4 Å². The smallest absolute Gasteiger partial charge is 0.264 e. The maximum Gasteiger partial charge on any atom is 0.264 e. The first kappa shape index (κ1) is 57.6. The summed E-state index contributed by atoms with van der Waals surface area (Å²) >= 11 is 1.99. The molecule has 5 heteroatoms. The van der Waals surface area contributed by atoms with Gasteiger partial charge in [-0.05, 0) is 179 Å². The number of benzene rings is 10. The van der Waals surface area contributed by atoms with E-state index in [1.807, 2.05) is 11.3 Å². The minimum atomic E-state index is -0.144. The van der Waals surface area contributed by atoms with Crippen molar-refractivity contribution in [3.8, 4) is 22.3 Å². The Balaban J connectivity index is 1.14. The molecule has 2 aliphatic heterocycles. The fourth-order valence-electron chi connectivity index (χ4n) is 14.8. The van der Waals surface area contributed by atoms with Crippen LogP contribution in [0, 0.1) is 0 Å². The summed E-state index contributed by atoms with van der Waals surface area (Å²) in [5.41, 5.74) is 26.3. The lowest BCUT2D eigenvalue weighted by Crippen LogP contribution is -2.60. The number of para-hydroxylation sites is 1. The van der Waals surface area contributed by atoms with Gasteiger partial charge in [0, 0.05) is 65.5 Å². The summed E-state index contributed by atoms with van der Waals surface area (Å²) in [6.45, 7) is 35.6. The molecule has 3 heterocycles. The first-order valence-electron chi connectivity index (χ1n) is 32.2. The van der Waals surface area contributed by atoms with E-state index >= 15 is 0 Å². The van der Waals surface area contributed by atoms with Gasteiger partial charge in [0.2, 0.25) is 0 Å². The van der Waals surface area contributed by atoms with Gasteiger partial charge in [0.25, 0.3) is 6.71 Å². The Morgan fingerprint density at radius 2 is 1.03 bits per heavy atom. The molecule has 0 atom stereocenters. The molecule has 0 spiro atoms. The molecule has 3 nitrogen and oxygen atoms in total. The van der Waals surface area contributed by atoms with Crippen molar-refractivity contribution < 1.29 is 0 Å². The van der Waals surface area contributed by atoms with Crippen molar-refractivity contribution in [2.24, 2.45) is 0 Å². The van der Waals surface area contributed by atoms with Crippen molar-refractivity contribution in [2.75, 3.05) is 14.7 Å². The number of hydrogen-bond donors (Lipinski definition) is 0. The Kier molecular flexibility index (Phi) is 13.6. The van der Waals surface area contributed by atoms with Crippen LogP contribution in [0.4, 0.5) is 51.2 Å². The summed E-state index contributed by atoms with van der Waals surface area (Å²) < 4.78 is 2.69. The summed E-state index contributed by atoms with van der Waals surface area (Å²) in [5.74, 6) is 0.227. The van der Waals surface area contributed by atoms with Gasteiger partial charge in [-0.25, -0.2) is 0 Å². The van der Waals surface area contributed by atoms with Crippen molar-refractivity contribution in [3.63, 3.8) is 0 Å². The van der Waals surface area contributed by atoms with Gasteiger partial charge in [-0.15, -0.1) is 11.3 Å². The predicted molar refractivity (Wildman–Crippen MR) is 384 cm³/mol. The van der Waals surface area contributed by atoms with Crippen LogP contribution in [0.2, 0.25) is 0 Å².